The average Bonchev–Trinajstić information content (AvgIpc) is 2.68. The molecule has 2 fully saturated rings. The van der Waals surface area contributed by atoms with Gasteiger partial charge in [0.05, 0.1) is 0 Å². The van der Waals surface area contributed by atoms with Gasteiger partial charge >= 0.3 is 0 Å². The summed E-state index contributed by atoms with van der Waals surface area (Å²) in [6.07, 6.45) is 15.1. The van der Waals surface area contributed by atoms with Gasteiger partial charge < -0.3 is 5.32 Å². The monoisotopic (exact) mass is 360 g/mol. The maximum absolute atomic E-state index is 12.4. The predicted molar refractivity (Wildman–Crippen MR) is 107 cm³/mol. The number of piperidine rings is 2. The first-order valence-electron chi connectivity index (χ1n) is 10.5. The van der Waals surface area contributed by atoms with E-state index in [1.54, 1.807) is 6.08 Å². The summed E-state index contributed by atoms with van der Waals surface area (Å²) in [5.41, 5.74) is 0. The molecule has 0 spiro atoms. The topological polar surface area (TPSA) is 49.4 Å². The molecule has 2 atom stereocenters. The van der Waals surface area contributed by atoms with Crippen molar-refractivity contribution in [2.75, 3.05) is 26.2 Å². The summed E-state index contributed by atoms with van der Waals surface area (Å²) in [5, 5.41) is 3.46. The molecule has 0 aromatic rings. The van der Waals surface area contributed by atoms with Crippen molar-refractivity contribution >= 4 is 11.6 Å². The standard InChI is InChI=1S/C22H36N2O2/c1-3-21(25)8-6-14-24-15-11-19(12-16-24)17-18(2)22(26)10-9-20-7-4-5-13-23-20/h6,8-10,18-20,23H,3-5,7,11-17H2,1-2H3/b8-6+,10-9+. The molecule has 0 radical (unpaired) electrons. The minimum atomic E-state index is 0.119. The van der Waals surface area contributed by atoms with Gasteiger partial charge in [-0.25, -0.2) is 0 Å². The molecule has 0 aromatic heterocycles. The lowest BCUT2D eigenvalue weighted by Gasteiger charge is -2.32. The maximum atomic E-state index is 12.4. The van der Waals surface area contributed by atoms with Crippen LogP contribution in [0.2, 0.25) is 0 Å². The third kappa shape index (κ3) is 7.55. The Morgan fingerprint density at radius 1 is 1.15 bits per heavy atom. The van der Waals surface area contributed by atoms with Crippen molar-refractivity contribution in [2.24, 2.45) is 11.8 Å². The van der Waals surface area contributed by atoms with Crippen LogP contribution in [0.1, 0.15) is 58.8 Å². The van der Waals surface area contributed by atoms with Gasteiger partial charge in [-0.2, -0.15) is 0 Å². The second-order valence-corrected chi connectivity index (χ2v) is 7.92. The molecule has 26 heavy (non-hydrogen) atoms. The van der Waals surface area contributed by atoms with Crippen molar-refractivity contribution in [2.45, 2.75) is 64.8 Å². The zero-order chi connectivity index (χ0) is 18.8. The van der Waals surface area contributed by atoms with Crippen molar-refractivity contribution < 1.29 is 9.59 Å². The highest BCUT2D eigenvalue weighted by Gasteiger charge is 2.22. The number of hydrogen-bond acceptors (Lipinski definition) is 4. The lowest BCUT2D eigenvalue weighted by Crippen LogP contribution is -2.34. The van der Waals surface area contributed by atoms with Crippen LogP contribution in [0, 0.1) is 11.8 Å². The van der Waals surface area contributed by atoms with Gasteiger partial charge in [0.1, 0.15) is 0 Å². The number of hydrogen-bond donors (Lipinski definition) is 1. The first kappa shape index (κ1) is 21.0. The third-order valence-electron chi connectivity index (χ3n) is 5.74. The Balaban J connectivity index is 1.66. The highest BCUT2D eigenvalue weighted by Crippen LogP contribution is 2.25. The zero-order valence-electron chi connectivity index (χ0n) is 16.6. The van der Waals surface area contributed by atoms with E-state index in [-0.39, 0.29) is 17.5 Å². The molecule has 146 valence electrons. The summed E-state index contributed by atoms with van der Waals surface area (Å²) in [6, 6.07) is 0.385. The van der Waals surface area contributed by atoms with Crippen LogP contribution in [0.15, 0.2) is 24.3 Å². The fourth-order valence-electron chi connectivity index (χ4n) is 3.89. The molecule has 0 bridgehead atoms. The fraction of sp³-hybridized carbons (Fsp3) is 0.727. The van der Waals surface area contributed by atoms with Crippen LogP contribution >= 0.6 is 0 Å². The first-order chi connectivity index (χ1) is 12.6. The van der Waals surface area contributed by atoms with Gasteiger partial charge in [0.2, 0.25) is 0 Å². The number of likely N-dealkylation sites (tertiary alicyclic amines) is 1. The van der Waals surface area contributed by atoms with Crippen LogP contribution in [-0.4, -0.2) is 48.7 Å². The fourth-order valence-corrected chi connectivity index (χ4v) is 3.89. The number of carbonyl (C=O) groups excluding carboxylic acids is 2. The van der Waals surface area contributed by atoms with Crippen LogP contribution in [0.3, 0.4) is 0 Å². The summed E-state index contributed by atoms with van der Waals surface area (Å²) in [5.74, 6) is 1.24. The number of allylic oxidation sites excluding steroid dienone is 2. The van der Waals surface area contributed by atoms with Gasteiger partial charge in [-0.1, -0.05) is 32.4 Å². The molecule has 0 amide bonds. The highest BCUT2D eigenvalue weighted by atomic mass is 16.1. The highest BCUT2D eigenvalue weighted by molar-refractivity contribution is 5.91. The first-order valence-corrected chi connectivity index (χ1v) is 10.5. The number of nitrogens with one attached hydrogen (secondary N) is 1. The molecule has 4 heteroatoms. The summed E-state index contributed by atoms with van der Waals surface area (Å²) in [6.45, 7) is 8.03. The van der Waals surface area contributed by atoms with Crippen molar-refractivity contribution in [3.63, 3.8) is 0 Å². The van der Waals surface area contributed by atoms with Gasteiger partial charge in [-0.05, 0) is 69.8 Å². The van der Waals surface area contributed by atoms with Gasteiger partial charge in [-0.15, -0.1) is 0 Å². The number of nitrogens with zero attached hydrogens (tertiary/aromatic N) is 1. The quantitative estimate of drug-likeness (QED) is 0.639. The van der Waals surface area contributed by atoms with Gasteiger partial charge in [0, 0.05) is 24.9 Å². The van der Waals surface area contributed by atoms with E-state index >= 15 is 0 Å². The van der Waals surface area contributed by atoms with E-state index in [1.807, 2.05) is 19.1 Å². The number of rotatable bonds is 9. The Morgan fingerprint density at radius 3 is 2.58 bits per heavy atom. The summed E-state index contributed by atoms with van der Waals surface area (Å²) >= 11 is 0. The molecule has 0 aliphatic carbocycles. The molecule has 2 aliphatic rings. The lowest BCUT2D eigenvalue weighted by atomic mass is 9.86. The van der Waals surface area contributed by atoms with Gasteiger partial charge in [0.25, 0.3) is 0 Å². The van der Waals surface area contributed by atoms with Crippen LogP contribution in [-0.2, 0) is 9.59 Å². The molecular formula is C22H36N2O2. The maximum Gasteiger partial charge on any atom is 0.158 e. The Kier molecular flexibility index (Phi) is 9.27. The molecule has 2 saturated heterocycles. The Bertz CT molecular complexity index is 498. The molecule has 2 unspecified atom stereocenters. The van der Waals surface area contributed by atoms with E-state index in [9.17, 15) is 9.59 Å². The van der Waals surface area contributed by atoms with E-state index in [0.717, 1.165) is 51.9 Å². The Morgan fingerprint density at radius 2 is 1.92 bits per heavy atom. The predicted octanol–water partition coefficient (Wildman–Crippen LogP) is 3.53. The van der Waals surface area contributed by atoms with Crippen LogP contribution in [0.25, 0.3) is 0 Å². The van der Waals surface area contributed by atoms with E-state index < -0.39 is 0 Å². The summed E-state index contributed by atoms with van der Waals surface area (Å²) < 4.78 is 0. The number of ketones is 2. The summed E-state index contributed by atoms with van der Waals surface area (Å²) in [7, 11) is 0. The molecular weight excluding hydrogens is 324 g/mol. The van der Waals surface area contributed by atoms with Crippen molar-refractivity contribution in [3.8, 4) is 0 Å². The Hall–Kier alpha value is -1.26. The van der Waals surface area contributed by atoms with Crippen molar-refractivity contribution in [1.82, 2.24) is 10.2 Å². The van der Waals surface area contributed by atoms with Gasteiger partial charge in [-0.3, -0.25) is 14.5 Å². The molecule has 1 N–H and O–H groups in total. The van der Waals surface area contributed by atoms with Gasteiger partial charge in [0.15, 0.2) is 11.6 Å². The molecule has 2 rings (SSSR count). The average molecular weight is 361 g/mol. The van der Waals surface area contributed by atoms with E-state index in [4.69, 9.17) is 0 Å². The minimum Gasteiger partial charge on any atom is -0.311 e. The minimum absolute atomic E-state index is 0.119. The molecule has 0 aromatic carbocycles. The van der Waals surface area contributed by atoms with E-state index in [1.165, 1.54) is 12.8 Å². The Labute approximate surface area is 159 Å². The van der Waals surface area contributed by atoms with Crippen molar-refractivity contribution in [3.05, 3.63) is 24.3 Å². The van der Waals surface area contributed by atoms with Crippen LogP contribution in [0.5, 0.6) is 0 Å². The summed E-state index contributed by atoms with van der Waals surface area (Å²) in [4.78, 5) is 26.1. The molecule has 2 aliphatic heterocycles. The van der Waals surface area contributed by atoms with Crippen LogP contribution in [0.4, 0.5) is 0 Å². The lowest BCUT2D eigenvalue weighted by molar-refractivity contribution is -0.118. The van der Waals surface area contributed by atoms with Crippen molar-refractivity contribution in [1.29, 1.82) is 0 Å². The van der Waals surface area contributed by atoms with E-state index in [2.05, 4.69) is 23.2 Å². The SMILES string of the molecule is CCC(=O)/C=C/CN1CCC(CC(C)C(=O)/C=C/C2CCCCN2)CC1. The molecule has 0 saturated carbocycles. The third-order valence-corrected chi connectivity index (χ3v) is 5.74. The zero-order valence-corrected chi connectivity index (χ0v) is 16.6. The normalized spacial score (nSPS) is 24.3. The second kappa shape index (κ2) is 11.5. The van der Waals surface area contributed by atoms with Crippen LogP contribution < -0.4 is 5.32 Å². The largest absolute Gasteiger partial charge is 0.311 e. The number of carbonyl (C=O) groups is 2. The molecule has 2 heterocycles. The smallest absolute Gasteiger partial charge is 0.158 e. The second-order valence-electron chi connectivity index (χ2n) is 7.92. The molecule has 4 nitrogen and oxygen atoms in total. The van der Waals surface area contributed by atoms with E-state index in [0.29, 0.717) is 18.4 Å².